The van der Waals surface area contributed by atoms with E-state index in [1.54, 1.807) is 6.07 Å². The predicted octanol–water partition coefficient (Wildman–Crippen LogP) is 2.36. The van der Waals surface area contributed by atoms with Crippen molar-refractivity contribution in [3.63, 3.8) is 0 Å². The Labute approximate surface area is 79.4 Å². The first-order valence-electron chi connectivity index (χ1n) is 4.76. The second kappa shape index (κ2) is 4.28. The Balaban J connectivity index is 2.98. The Morgan fingerprint density at radius 3 is 2.54 bits per heavy atom. The third kappa shape index (κ3) is 2.22. The molecule has 2 heteroatoms. The largest absolute Gasteiger partial charge is 0.508 e. The van der Waals surface area contributed by atoms with E-state index in [1.807, 2.05) is 19.1 Å². The van der Waals surface area contributed by atoms with Crippen molar-refractivity contribution in [1.82, 2.24) is 0 Å². The minimum atomic E-state index is -0.0501. The third-order valence-corrected chi connectivity index (χ3v) is 2.34. The molecule has 0 spiro atoms. The zero-order valence-electron chi connectivity index (χ0n) is 8.25. The van der Waals surface area contributed by atoms with Gasteiger partial charge in [-0.05, 0) is 24.5 Å². The Hall–Kier alpha value is -1.02. The predicted molar refractivity (Wildman–Crippen MR) is 54.7 cm³/mol. The normalized spacial score (nSPS) is 12.8. The molecule has 0 heterocycles. The van der Waals surface area contributed by atoms with Gasteiger partial charge in [-0.15, -0.1) is 0 Å². The summed E-state index contributed by atoms with van der Waals surface area (Å²) in [6, 6.07) is 5.68. The molecule has 0 fully saturated rings. The first-order valence-corrected chi connectivity index (χ1v) is 4.76. The molecular formula is C11H17NO. The van der Waals surface area contributed by atoms with Gasteiger partial charge in [-0.25, -0.2) is 0 Å². The Kier molecular flexibility index (Phi) is 3.32. The highest BCUT2D eigenvalue weighted by atomic mass is 16.3. The molecule has 1 aromatic rings. The van der Waals surface area contributed by atoms with Crippen molar-refractivity contribution in [1.29, 1.82) is 0 Å². The van der Waals surface area contributed by atoms with Gasteiger partial charge in [-0.2, -0.15) is 0 Å². The van der Waals surface area contributed by atoms with Gasteiger partial charge in [0.15, 0.2) is 0 Å². The fraction of sp³-hybridized carbons (Fsp3) is 0.455. The van der Waals surface area contributed by atoms with E-state index >= 15 is 0 Å². The summed E-state index contributed by atoms with van der Waals surface area (Å²) in [6.45, 7) is 4.08. The number of nitrogens with two attached hydrogens (primary N) is 1. The fourth-order valence-corrected chi connectivity index (χ4v) is 1.34. The summed E-state index contributed by atoms with van der Waals surface area (Å²) < 4.78 is 0. The Bertz CT molecular complexity index is 283. The van der Waals surface area contributed by atoms with Gasteiger partial charge in [0.2, 0.25) is 0 Å². The smallest absolute Gasteiger partial charge is 0.120 e. The van der Waals surface area contributed by atoms with Gasteiger partial charge in [0.05, 0.1) is 0 Å². The SMILES string of the molecule is CCc1ccc(C(N)CC)c(O)c1. The number of hydrogen-bond donors (Lipinski definition) is 2. The van der Waals surface area contributed by atoms with Crippen molar-refractivity contribution < 1.29 is 5.11 Å². The molecule has 0 radical (unpaired) electrons. The highest BCUT2D eigenvalue weighted by Gasteiger charge is 2.08. The number of aromatic hydroxyl groups is 1. The number of rotatable bonds is 3. The lowest BCUT2D eigenvalue weighted by molar-refractivity contribution is 0.459. The highest BCUT2D eigenvalue weighted by Crippen LogP contribution is 2.25. The molecule has 0 saturated heterocycles. The highest BCUT2D eigenvalue weighted by molar-refractivity contribution is 5.38. The van der Waals surface area contributed by atoms with Crippen LogP contribution in [0.1, 0.15) is 37.4 Å². The maximum atomic E-state index is 9.64. The van der Waals surface area contributed by atoms with E-state index < -0.39 is 0 Å². The molecule has 0 aromatic heterocycles. The van der Waals surface area contributed by atoms with Crippen LogP contribution in [0.2, 0.25) is 0 Å². The first kappa shape index (κ1) is 10.1. The lowest BCUT2D eigenvalue weighted by atomic mass is 10.0. The molecule has 0 amide bonds. The molecule has 0 aliphatic carbocycles. The molecule has 1 atom stereocenters. The summed E-state index contributed by atoms with van der Waals surface area (Å²) in [4.78, 5) is 0. The monoisotopic (exact) mass is 179 g/mol. The van der Waals surface area contributed by atoms with Crippen LogP contribution in [0.5, 0.6) is 5.75 Å². The molecular weight excluding hydrogens is 162 g/mol. The van der Waals surface area contributed by atoms with E-state index in [0.717, 1.165) is 24.0 Å². The lowest BCUT2D eigenvalue weighted by Gasteiger charge is -2.11. The van der Waals surface area contributed by atoms with Crippen molar-refractivity contribution in [3.05, 3.63) is 29.3 Å². The third-order valence-electron chi connectivity index (χ3n) is 2.34. The molecule has 0 bridgehead atoms. The van der Waals surface area contributed by atoms with Crippen molar-refractivity contribution >= 4 is 0 Å². The van der Waals surface area contributed by atoms with Crippen molar-refractivity contribution in [2.24, 2.45) is 5.73 Å². The van der Waals surface area contributed by atoms with Crippen LogP contribution in [0.3, 0.4) is 0 Å². The van der Waals surface area contributed by atoms with Gasteiger partial charge in [0.1, 0.15) is 5.75 Å². The average Bonchev–Trinajstić information content (AvgIpc) is 2.16. The van der Waals surface area contributed by atoms with E-state index in [-0.39, 0.29) is 6.04 Å². The summed E-state index contributed by atoms with van der Waals surface area (Å²) in [5, 5.41) is 9.64. The second-order valence-electron chi connectivity index (χ2n) is 3.26. The van der Waals surface area contributed by atoms with Gasteiger partial charge in [0.25, 0.3) is 0 Å². The maximum Gasteiger partial charge on any atom is 0.120 e. The molecule has 3 N–H and O–H groups in total. The number of phenolic OH excluding ortho intramolecular Hbond substituents is 1. The summed E-state index contributed by atoms with van der Waals surface area (Å²) in [6.07, 6.45) is 1.79. The lowest BCUT2D eigenvalue weighted by Crippen LogP contribution is -2.08. The van der Waals surface area contributed by atoms with Gasteiger partial charge in [-0.1, -0.05) is 26.0 Å². The van der Waals surface area contributed by atoms with Crippen LogP contribution in [0.4, 0.5) is 0 Å². The summed E-state index contributed by atoms with van der Waals surface area (Å²) in [5.41, 5.74) is 7.82. The number of aryl methyl sites for hydroxylation is 1. The van der Waals surface area contributed by atoms with E-state index in [9.17, 15) is 5.11 Å². The van der Waals surface area contributed by atoms with Crippen LogP contribution in [-0.2, 0) is 6.42 Å². The Morgan fingerprint density at radius 1 is 1.38 bits per heavy atom. The van der Waals surface area contributed by atoms with Gasteiger partial charge < -0.3 is 10.8 Å². The molecule has 13 heavy (non-hydrogen) atoms. The minimum absolute atomic E-state index is 0.0501. The van der Waals surface area contributed by atoms with Gasteiger partial charge in [0, 0.05) is 11.6 Å². The standard InChI is InChI=1S/C11H17NO/c1-3-8-5-6-9(10(12)4-2)11(13)7-8/h5-7,10,13H,3-4,12H2,1-2H3. The molecule has 1 rings (SSSR count). The fourth-order valence-electron chi connectivity index (χ4n) is 1.34. The van der Waals surface area contributed by atoms with Crippen LogP contribution < -0.4 is 5.73 Å². The quantitative estimate of drug-likeness (QED) is 0.748. The average molecular weight is 179 g/mol. The Morgan fingerprint density at radius 2 is 2.08 bits per heavy atom. The molecule has 2 nitrogen and oxygen atoms in total. The molecule has 0 saturated carbocycles. The maximum absolute atomic E-state index is 9.64. The van der Waals surface area contributed by atoms with E-state index in [2.05, 4.69) is 6.92 Å². The molecule has 72 valence electrons. The summed E-state index contributed by atoms with van der Waals surface area (Å²) >= 11 is 0. The summed E-state index contributed by atoms with van der Waals surface area (Å²) in [7, 11) is 0. The number of benzene rings is 1. The van der Waals surface area contributed by atoms with Crippen molar-refractivity contribution in [2.45, 2.75) is 32.7 Å². The summed E-state index contributed by atoms with van der Waals surface area (Å²) in [5.74, 6) is 0.328. The van der Waals surface area contributed by atoms with E-state index in [4.69, 9.17) is 5.73 Å². The number of phenols is 1. The van der Waals surface area contributed by atoms with Crippen molar-refractivity contribution in [3.8, 4) is 5.75 Å². The zero-order chi connectivity index (χ0) is 9.84. The van der Waals surface area contributed by atoms with Gasteiger partial charge >= 0.3 is 0 Å². The topological polar surface area (TPSA) is 46.2 Å². The van der Waals surface area contributed by atoms with Crippen LogP contribution >= 0.6 is 0 Å². The van der Waals surface area contributed by atoms with Crippen LogP contribution in [0.15, 0.2) is 18.2 Å². The van der Waals surface area contributed by atoms with E-state index in [1.165, 1.54) is 0 Å². The first-order chi connectivity index (χ1) is 6.19. The molecule has 0 aliphatic heterocycles. The van der Waals surface area contributed by atoms with Crippen molar-refractivity contribution in [2.75, 3.05) is 0 Å². The van der Waals surface area contributed by atoms with Crippen LogP contribution in [0.25, 0.3) is 0 Å². The van der Waals surface area contributed by atoms with E-state index in [0.29, 0.717) is 5.75 Å². The molecule has 1 aromatic carbocycles. The van der Waals surface area contributed by atoms with Gasteiger partial charge in [-0.3, -0.25) is 0 Å². The second-order valence-corrected chi connectivity index (χ2v) is 3.26. The minimum Gasteiger partial charge on any atom is -0.508 e. The molecule has 0 aliphatic rings. The van der Waals surface area contributed by atoms with Crippen LogP contribution in [-0.4, -0.2) is 5.11 Å². The zero-order valence-corrected chi connectivity index (χ0v) is 8.25. The van der Waals surface area contributed by atoms with Crippen LogP contribution in [0, 0.1) is 0 Å². The number of hydrogen-bond acceptors (Lipinski definition) is 2. The molecule has 1 unspecified atom stereocenters.